The Balaban J connectivity index is 1.32. The van der Waals surface area contributed by atoms with Gasteiger partial charge in [0.05, 0.1) is 23.2 Å². The molecule has 2 N–H and O–H groups in total. The highest BCUT2D eigenvalue weighted by molar-refractivity contribution is 7.92. The maximum absolute atomic E-state index is 13.4. The second-order valence-corrected chi connectivity index (χ2v) is 11.0. The Morgan fingerprint density at radius 3 is 2.61 bits per heavy atom. The third kappa shape index (κ3) is 4.01. The van der Waals surface area contributed by atoms with Crippen molar-refractivity contribution in [3.05, 3.63) is 108 Å². The van der Waals surface area contributed by atoms with E-state index >= 15 is 0 Å². The smallest absolute Gasteiger partial charge is 0.261 e. The number of allylic oxidation sites excluding steroid dienone is 2. The molecule has 0 saturated heterocycles. The molecule has 6 rings (SSSR count). The highest BCUT2D eigenvalue weighted by atomic mass is 32.2. The van der Waals surface area contributed by atoms with Crippen molar-refractivity contribution in [2.45, 2.75) is 30.2 Å². The van der Waals surface area contributed by atoms with E-state index < -0.39 is 10.0 Å². The van der Waals surface area contributed by atoms with Crippen LogP contribution in [0.15, 0.2) is 102 Å². The fourth-order valence-electron chi connectivity index (χ4n) is 5.53. The van der Waals surface area contributed by atoms with E-state index in [9.17, 15) is 8.42 Å². The molecule has 0 radical (unpaired) electrons. The van der Waals surface area contributed by atoms with Crippen molar-refractivity contribution in [1.82, 2.24) is 0 Å². The molecule has 6 heteroatoms. The lowest BCUT2D eigenvalue weighted by atomic mass is 9.77. The standard InChI is InChI=1S/C30H28N2O3S/c1-2-35-22-15-13-21(14-16-22)30-26-11-6-10-25(26)27-19-23(17-18-28(27)31-30)36(33,34)32-29-12-5-8-20-7-3-4-9-24(20)29/h3-10,12-19,25-26,30-32H,2,11H2,1H3/t25-,26+,30+/m0/s1. The maximum atomic E-state index is 13.4. The molecule has 0 bridgehead atoms. The van der Waals surface area contributed by atoms with Gasteiger partial charge in [-0.15, -0.1) is 0 Å². The molecule has 3 atom stereocenters. The van der Waals surface area contributed by atoms with Crippen LogP contribution in [0.3, 0.4) is 0 Å². The quantitative estimate of drug-likeness (QED) is 0.286. The minimum absolute atomic E-state index is 0.143. The maximum Gasteiger partial charge on any atom is 0.261 e. The lowest BCUT2D eigenvalue weighted by molar-refractivity contribution is 0.340. The summed E-state index contributed by atoms with van der Waals surface area (Å²) in [6.07, 6.45) is 5.38. The van der Waals surface area contributed by atoms with Crippen LogP contribution in [0.5, 0.6) is 5.75 Å². The summed E-state index contributed by atoms with van der Waals surface area (Å²) in [6.45, 7) is 2.62. The predicted octanol–water partition coefficient (Wildman–Crippen LogP) is 6.87. The van der Waals surface area contributed by atoms with Gasteiger partial charge in [0.25, 0.3) is 10.0 Å². The molecule has 0 unspecified atom stereocenters. The van der Waals surface area contributed by atoms with Crippen LogP contribution in [0.2, 0.25) is 0 Å². The highest BCUT2D eigenvalue weighted by Gasteiger charge is 2.38. The van der Waals surface area contributed by atoms with Crippen molar-refractivity contribution in [2.75, 3.05) is 16.6 Å². The topological polar surface area (TPSA) is 67.4 Å². The molecule has 4 aromatic carbocycles. The van der Waals surface area contributed by atoms with E-state index in [1.165, 1.54) is 5.56 Å². The summed E-state index contributed by atoms with van der Waals surface area (Å²) in [5.74, 6) is 1.34. The summed E-state index contributed by atoms with van der Waals surface area (Å²) in [6, 6.07) is 27.3. The molecule has 1 heterocycles. The lowest BCUT2D eigenvalue weighted by Crippen LogP contribution is -2.29. The predicted molar refractivity (Wildman–Crippen MR) is 145 cm³/mol. The minimum Gasteiger partial charge on any atom is -0.494 e. The van der Waals surface area contributed by atoms with E-state index in [0.29, 0.717) is 18.2 Å². The van der Waals surface area contributed by atoms with Crippen molar-refractivity contribution < 1.29 is 13.2 Å². The Labute approximate surface area is 211 Å². The van der Waals surface area contributed by atoms with Gasteiger partial charge in [0.2, 0.25) is 0 Å². The first-order chi connectivity index (χ1) is 17.5. The zero-order valence-corrected chi connectivity index (χ0v) is 20.8. The van der Waals surface area contributed by atoms with Crippen molar-refractivity contribution in [3.8, 4) is 5.75 Å². The van der Waals surface area contributed by atoms with Crippen molar-refractivity contribution in [2.24, 2.45) is 5.92 Å². The fraction of sp³-hybridized carbons (Fsp3) is 0.200. The number of anilines is 2. The van der Waals surface area contributed by atoms with Gasteiger partial charge in [-0.05, 0) is 72.2 Å². The molecule has 0 aromatic heterocycles. The second-order valence-electron chi connectivity index (χ2n) is 9.36. The van der Waals surface area contributed by atoms with Gasteiger partial charge in [-0.25, -0.2) is 8.42 Å². The first kappa shape index (κ1) is 22.7. The summed E-state index contributed by atoms with van der Waals surface area (Å²) in [5, 5.41) is 5.56. The molecule has 0 amide bonds. The molecule has 0 spiro atoms. The molecular weight excluding hydrogens is 468 g/mol. The van der Waals surface area contributed by atoms with Gasteiger partial charge >= 0.3 is 0 Å². The Hall–Kier alpha value is -3.77. The average molecular weight is 497 g/mol. The second kappa shape index (κ2) is 9.03. The zero-order chi connectivity index (χ0) is 24.7. The first-order valence-electron chi connectivity index (χ1n) is 12.3. The summed E-state index contributed by atoms with van der Waals surface area (Å²) in [7, 11) is -3.76. The number of hydrogen-bond acceptors (Lipinski definition) is 4. The Morgan fingerprint density at radius 1 is 0.972 bits per heavy atom. The molecule has 0 saturated carbocycles. The molecule has 2 aliphatic rings. The van der Waals surface area contributed by atoms with Crippen molar-refractivity contribution in [1.29, 1.82) is 0 Å². The fourth-order valence-corrected chi connectivity index (χ4v) is 6.64. The molecule has 1 aliphatic carbocycles. The van der Waals surface area contributed by atoms with Crippen molar-refractivity contribution in [3.63, 3.8) is 0 Å². The van der Waals surface area contributed by atoms with Gasteiger partial charge < -0.3 is 10.1 Å². The molecule has 182 valence electrons. The Bertz CT molecular complexity index is 1560. The number of fused-ring (bicyclic) bond motifs is 4. The largest absolute Gasteiger partial charge is 0.494 e. The molecule has 0 fully saturated rings. The van der Waals surface area contributed by atoms with Crippen LogP contribution in [0.1, 0.15) is 36.4 Å². The summed E-state index contributed by atoms with van der Waals surface area (Å²) in [4.78, 5) is 0.273. The van der Waals surface area contributed by atoms with Crippen molar-refractivity contribution >= 4 is 32.2 Å². The number of ether oxygens (including phenoxy) is 1. The number of rotatable bonds is 6. The van der Waals surface area contributed by atoms with E-state index in [-0.39, 0.29) is 16.9 Å². The molecule has 1 aliphatic heterocycles. The van der Waals surface area contributed by atoms with E-state index in [2.05, 4.69) is 34.3 Å². The first-order valence-corrected chi connectivity index (χ1v) is 13.8. The number of hydrogen-bond donors (Lipinski definition) is 2. The number of benzene rings is 4. The van der Waals surface area contributed by atoms with Crippen LogP contribution >= 0.6 is 0 Å². The SMILES string of the molecule is CCOc1ccc([C@H]2Nc3ccc(S(=O)(=O)Nc4cccc5ccccc45)cc3[C@H]3C=CC[C@H]32)cc1. The van der Waals surface area contributed by atoms with E-state index in [4.69, 9.17) is 4.74 Å². The van der Waals surface area contributed by atoms with Crippen LogP contribution in [-0.2, 0) is 10.0 Å². The van der Waals surface area contributed by atoms with E-state index in [0.717, 1.165) is 34.2 Å². The van der Waals surface area contributed by atoms with Crippen LogP contribution in [0.4, 0.5) is 11.4 Å². The highest BCUT2D eigenvalue weighted by Crippen LogP contribution is 2.50. The van der Waals surface area contributed by atoms with E-state index in [1.54, 1.807) is 12.1 Å². The molecule has 36 heavy (non-hydrogen) atoms. The normalized spacial score (nSPS) is 20.4. The zero-order valence-electron chi connectivity index (χ0n) is 20.0. The van der Waals surface area contributed by atoms with Crippen LogP contribution in [0, 0.1) is 5.92 Å². The Morgan fingerprint density at radius 2 is 1.78 bits per heavy atom. The van der Waals surface area contributed by atoms with Crippen LogP contribution in [-0.4, -0.2) is 15.0 Å². The van der Waals surface area contributed by atoms with Gasteiger partial charge in [0.1, 0.15) is 5.75 Å². The molecule has 5 nitrogen and oxygen atoms in total. The summed E-state index contributed by atoms with van der Waals surface area (Å²) in [5.41, 5.74) is 3.79. The average Bonchev–Trinajstić information content (AvgIpc) is 3.39. The molecular formula is C30H28N2O3S. The summed E-state index contributed by atoms with van der Waals surface area (Å²) < 4.78 is 35.3. The van der Waals surface area contributed by atoms with E-state index in [1.807, 2.05) is 67.6 Å². The van der Waals surface area contributed by atoms with Gasteiger partial charge in [0.15, 0.2) is 0 Å². The lowest BCUT2D eigenvalue weighted by Gasteiger charge is -2.37. The van der Waals surface area contributed by atoms with Gasteiger partial charge in [-0.2, -0.15) is 0 Å². The minimum atomic E-state index is -3.76. The Kier molecular flexibility index (Phi) is 5.69. The number of nitrogens with one attached hydrogen (secondary N) is 2. The third-order valence-corrected chi connectivity index (χ3v) is 8.59. The summed E-state index contributed by atoms with van der Waals surface area (Å²) >= 11 is 0. The monoisotopic (exact) mass is 496 g/mol. The van der Waals surface area contributed by atoms with Gasteiger partial charge in [0, 0.05) is 17.0 Å². The molecule has 4 aromatic rings. The van der Waals surface area contributed by atoms with Crippen LogP contribution < -0.4 is 14.8 Å². The van der Waals surface area contributed by atoms with Gasteiger partial charge in [-0.1, -0.05) is 60.7 Å². The van der Waals surface area contributed by atoms with Gasteiger partial charge in [-0.3, -0.25) is 4.72 Å². The van der Waals surface area contributed by atoms with Crippen LogP contribution in [0.25, 0.3) is 10.8 Å². The number of sulfonamides is 1. The third-order valence-electron chi connectivity index (χ3n) is 7.23.